The third-order valence-corrected chi connectivity index (χ3v) is 8.33. The average molecular weight is 444 g/mol. The largest absolute Gasteiger partial charge is 0.470 e. The average Bonchev–Trinajstić information content (AvgIpc) is 3.31. The first kappa shape index (κ1) is 19.6. The van der Waals surface area contributed by atoms with Crippen LogP contribution < -0.4 is 4.74 Å². The molecule has 0 saturated carbocycles. The zero-order valence-corrected chi connectivity index (χ0v) is 18.0. The van der Waals surface area contributed by atoms with Crippen LogP contribution in [0.25, 0.3) is 0 Å². The third-order valence-electron chi connectivity index (χ3n) is 5.52. The topological polar surface area (TPSA) is 88.5 Å². The Bertz CT molecular complexity index is 1150. The SMILES string of the molecule is Cc1ncsc1CN1C[C@H]2Oc3ncccc3S(=O)(=O)N(Cc3ccccn3)[C@H]2C1. The highest BCUT2D eigenvalue weighted by Gasteiger charge is 2.47. The molecule has 0 spiro atoms. The maximum Gasteiger partial charge on any atom is 0.249 e. The molecule has 1 saturated heterocycles. The standard InChI is InChI=1S/C20H21N5O3S2/c1-14-18(29-13-23-14)12-24-10-16-17(11-24)28-20-19(6-4-8-22-20)30(26,27)25(16)9-15-5-2-3-7-21-15/h2-8,13,16-17H,9-12H2,1H3/t16-,17+/m0/s1. The molecule has 3 aromatic rings. The van der Waals surface area contributed by atoms with E-state index in [-0.39, 0.29) is 29.5 Å². The number of nitrogens with zero attached hydrogens (tertiary/aromatic N) is 5. The molecule has 8 nitrogen and oxygen atoms in total. The predicted molar refractivity (Wildman–Crippen MR) is 112 cm³/mol. The molecule has 0 bridgehead atoms. The van der Waals surface area contributed by atoms with Crippen molar-refractivity contribution in [3.8, 4) is 5.88 Å². The molecule has 10 heteroatoms. The second-order valence-electron chi connectivity index (χ2n) is 7.46. The summed E-state index contributed by atoms with van der Waals surface area (Å²) in [4.78, 5) is 16.4. The number of thiazole rings is 1. The first-order valence-corrected chi connectivity index (χ1v) is 12.0. The number of aromatic nitrogens is 3. The molecule has 156 valence electrons. The van der Waals surface area contributed by atoms with Gasteiger partial charge in [-0.05, 0) is 31.2 Å². The summed E-state index contributed by atoms with van der Waals surface area (Å²) in [6.07, 6.45) is 2.93. The van der Waals surface area contributed by atoms with Gasteiger partial charge in [0.1, 0.15) is 11.0 Å². The molecule has 2 atom stereocenters. The van der Waals surface area contributed by atoms with Crippen molar-refractivity contribution in [2.45, 2.75) is 37.1 Å². The highest BCUT2D eigenvalue weighted by Crippen LogP contribution is 2.36. The van der Waals surface area contributed by atoms with E-state index in [1.165, 1.54) is 9.18 Å². The molecule has 0 aliphatic carbocycles. The third kappa shape index (κ3) is 3.49. The molecule has 0 unspecified atom stereocenters. The van der Waals surface area contributed by atoms with Crippen LogP contribution in [0.3, 0.4) is 0 Å². The van der Waals surface area contributed by atoms with Gasteiger partial charge >= 0.3 is 0 Å². The molecular formula is C20H21N5O3S2. The van der Waals surface area contributed by atoms with Gasteiger partial charge in [-0.25, -0.2) is 18.4 Å². The lowest BCUT2D eigenvalue weighted by Gasteiger charge is -2.27. The number of ether oxygens (including phenoxy) is 1. The lowest BCUT2D eigenvalue weighted by atomic mass is 10.2. The van der Waals surface area contributed by atoms with Crippen LogP contribution in [-0.2, 0) is 23.1 Å². The van der Waals surface area contributed by atoms with E-state index in [1.807, 2.05) is 30.6 Å². The minimum Gasteiger partial charge on any atom is -0.470 e. The van der Waals surface area contributed by atoms with Gasteiger partial charge in [0.15, 0.2) is 0 Å². The molecule has 0 amide bonds. The van der Waals surface area contributed by atoms with Crippen LogP contribution in [0.2, 0.25) is 0 Å². The normalized spacial score (nSPS) is 23.4. The van der Waals surface area contributed by atoms with Gasteiger partial charge in [-0.3, -0.25) is 9.88 Å². The van der Waals surface area contributed by atoms with Gasteiger partial charge in [0.05, 0.1) is 29.5 Å². The van der Waals surface area contributed by atoms with Crippen LogP contribution in [0.1, 0.15) is 16.3 Å². The number of aryl methyl sites for hydroxylation is 1. The molecule has 5 rings (SSSR count). The van der Waals surface area contributed by atoms with E-state index in [0.29, 0.717) is 18.8 Å². The Morgan fingerprint density at radius 3 is 2.73 bits per heavy atom. The van der Waals surface area contributed by atoms with Crippen LogP contribution in [0, 0.1) is 6.92 Å². The summed E-state index contributed by atoms with van der Waals surface area (Å²) in [6, 6.07) is 8.37. The van der Waals surface area contributed by atoms with Crippen molar-refractivity contribution in [3.05, 3.63) is 64.5 Å². The molecular weight excluding hydrogens is 422 g/mol. The Hall–Kier alpha value is -2.40. The summed E-state index contributed by atoms with van der Waals surface area (Å²) < 4.78 is 34.9. The fraction of sp³-hybridized carbons (Fsp3) is 0.350. The quantitative estimate of drug-likeness (QED) is 0.610. The first-order valence-electron chi connectivity index (χ1n) is 9.67. The monoisotopic (exact) mass is 443 g/mol. The van der Waals surface area contributed by atoms with Crippen LogP contribution in [0.4, 0.5) is 0 Å². The van der Waals surface area contributed by atoms with Gasteiger partial charge in [0, 0.05) is 36.9 Å². The molecule has 2 aliphatic heterocycles. The summed E-state index contributed by atoms with van der Waals surface area (Å²) in [6.45, 7) is 4.09. The summed E-state index contributed by atoms with van der Waals surface area (Å²) in [5.74, 6) is 0.173. The van der Waals surface area contributed by atoms with Crippen molar-refractivity contribution in [1.29, 1.82) is 0 Å². The van der Waals surface area contributed by atoms with Gasteiger partial charge in [0.25, 0.3) is 0 Å². The van der Waals surface area contributed by atoms with Gasteiger partial charge in [-0.15, -0.1) is 11.3 Å². The van der Waals surface area contributed by atoms with Crippen molar-refractivity contribution in [3.63, 3.8) is 0 Å². The van der Waals surface area contributed by atoms with Crippen molar-refractivity contribution in [2.24, 2.45) is 0 Å². The van der Waals surface area contributed by atoms with E-state index < -0.39 is 10.0 Å². The smallest absolute Gasteiger partial charge is 0.249 e. The molecule has 0 N–H and O–H groups in total. The number of hydrogen-bond acceptors (Lipinski definition) is 8. The van der Waals surface area contributed by atoms with Gasteiger partial charge in [-0.2, -0.15) is 4.31 Å². The highest BCUT2D eigenvalue weighted by molar-refractivity contribution is 7.89. The van der Waals surface area contributed by atoms with Gasteiger partial charge < -0.3 is 4.74 Å². The van der Waals surface area contributed by atoms with Crippen molar-refractivity contribution < 1.29 is 13.2 Å². The zero-order chi connectivity index (χ0) is 20.7. The number of rotatable bonds is 4. The Morgan fingerprint density at radius 1 is 1.10 bits per heavy atom. The highest BCUT2D eigenvalue weighted by atomic mass is 32.2. The Balaban J connectivity index is 1.51. The van der Waals surface area contributed by atoms with Crippen LogP contribution in [0.5, 0.6) is 5.88 Å². The van der Waals surface area contributed by atoms with E-state index >= 15 is 0 Å². The summed E-state index contributed by atoms with van der Waals surface area (Å²) in [5.41, 5.74) is 3.55. The second-order valence-corrected chi connectivity index (χ2v) is 10.3. The first-order chi connectivity index (χ1) is 14.5. The van der Waals surface area contributed by atoms with Crippen molar-refractivity contribution in [2.75, 3.05) is 13.1 Å². The van der Waals surface area contributed by atoms with Crippen molar-refractivity contribution in [1.82, 2.24) is 24.2 Å². The van der Waals surface area contributed by atoms with E-state index in [4.69, 9.17) is 4.74 Å². The van der Waals surface area contributed by atoms with Crippen LogP contribution in [0.15, 0.2) is 53.1 Å². The lowest BCUT2D eigenvalue weighted by Crippen LogP contribution is -2.46. The minimum atomic E-state index is -3.80. The maximum atomic E-state index is 13.6. The molecule has 0 radical (unpaired) electrons. The molecule has 5 heterocycles. The maximum absolute atomic E-state index is 13.6. The Kier molecular flexibility index (Phi) is 5.02. The minimum absolute atomic E-state index is 0.111. The number of fused-ring (bicyclic) bond motifs is 2. The van der Waals surface area contributed by atoms with Crippen LogP contribution >= 0.6 is 11.3 Å². The van der Waals surface area contributed by atoms with Crippen molar-refractivity contribution >= 4 is 21.4 Å². The van der Waals surface area contributed by atoms with E-state index in [0.717, 1.165) is 12.2 Å². The summed E-state index contributed by atoms with van der Waals surface area (Å²) in [7, 11) is -3.80. The number of pyridine rings is 2. The number of hydrogen-bond donors (Lipinski definition) is 0. The zero-order valence-electron chi connectivity index (χ0n) is 16.4. The predicted octanol–water partition coefficient (Wildman–Crippen LogP) is 2.08. The molecule has 1 fully saturated rings. The fourth-order valence-corrected chi connectivity index (χ4v) is 6.50. The van der Waals surface area contributed by atoms with Crippen LogP contribution in [-0.4, -0.2) is 57.8 Å². The molecule has 30 heavy (non-hydrogen) atoms. The van der Waals surface area contributed by atoms with E-state index in [1.54, 1.807) is 35.9 Å². The number of likely N-dealkylation sites (tertiary alicyclic amines) is 1. The fourth-order valence-electron chi connectivity index (χ4n) is 4.00. The van der Waals surface area contributed by atoms with Gasteiger partial charge in [-0.1, -0.05) is 6.07 Å². The van der Waals surface area contributed by atoms with E-state index in [9.17, 15) is 8.42 Å². The molecule has 2 aliphatic rings. The summed E-state index contributed by atoms with van der Waals surface area (Å²) in [5, 5.41) is 0. The Labute approximate surface area is 179 Å². The number of sulfonamides is 1. The van der Waals surface area contributed by atoms with Gasteiger partial charge in [0.2, 0.25) is 15.9 Å². The Morgan fingerprint density at radius 2 is 1.97 bits per heavy atom. The van der Waals surface area contributed by atoms with E-state index in [2.05, 4.69) is 19.9 Å². The molecule has 3 aromatic heterocycles. The summed E-state index contributed by atoms with van der Waals surface area (Å²) >= 11 is 1.62. The second kappa shape index (κ2) is 7.69. The molecule has 0 aromatic carbocycles. The lowest BCUT2D eigenvalue weighted by molar-refractivity contribution is 0.143.